The average Bonchev–Trinajstić information content (AvgIpc) is 3.32. The number of aromatic hydroxyl groups is 1. The molecular formula is C32H34N2O5S. The minimum Gasteiger partial charge on any atom is -0.508 e. The van der Waals surface area contributed by atoms with Gasteiger partial charge in [-0.1, -0.05) is 6.42 Å². The van der Waals surface area contributed by atoms with Crippen LogP contribution in [0.15, 0.2) is 66.7 Å². The number of nitrogens with zero attached hydrogens (tertiary/aromatic N) is 1. The summed E-state index contributed by atoms with van der Waals surface area (Å²) in [5.41, 5.74) is 6.66. The number of thiophene rings is 1. The van der Waals surface area contributed by atoms with Gasteiger partial charge in [0.05, 0.1) is 0 Å². The van der Waals surface area contributed by atoms with Crippen molar-refractivity contribution in [2.75, 3.05) is 26.2 Å². The Bertz CT molecular complexity index is 1500. The molecule has 5 rings (SSSR count). The fourth-order valence-corrected chi connectivity index (χ4v) is 5.98. The third kappa shape index (κ3) is 6.36. The van der Waals surface area contributed by atoms with Crippen LogP contribution in [-0.2, 0) is 4.79 Å². The highest BCUT2D eigenvalue weighted by Crippen LogP contribution is 2.41. The summed E-state index contributed by atoms with van der Waals surface area (Å²) in [6.45, 7) is 6.94. The number of nitrogens with two attached hydrogens (primary N) is 1. The summed E-state index contributed by atoms with van der Waals surface area (Å²) >= 11 is 1.43. The normalized spacial score (nSPS) is 14.3. The molecule has 0 unspecified atom stereocenters. The van der Waals surface area contributed by atoms with E-state index in [0.29, 0.717) is 23.5 Å². The van der Waals surface area contributed by atoms with Crippen molar-refractivity contribution < 1.29 is 24.2 Å². The van der Waals surface area contributed by atoms with E-state index >= 15 is 0 Å². The molecule has 2 heterocycles. The van der Waals surface area contributed by atoms with E-state index in [4.69, 9.17) is 15.2 Å². The molecule has 0 radical (unpaired) electrons. The van der Waals surface area contributed by atoms with Gasteiger partial charge in [0.1, 0.15) is 29.4 Å². The first kappa shape index (κ1) is 27.8. The van der Waals surface area contributed by atoms with Crippen molar-refractivity contribution in [3.8, 4) is 27.7 Å². The lowest BCUT2D eigenvalue weighted by Crippen LogP contribution is -2.44. The van der Waals surface area contributed by atoms with Crippen molar-refractivity contribution in [3.63, 3.8) is 0 Å². The number of phenolic OH excluding ortho intramolecular Hbond substituents is 1. The van der Waals surface area contributed by atoms with Crippen LogP contribution in [0.4, 0.5) is 0 Å². The van der Waals surface area contributed by atoms with Gasteiger partial charge in [-0.2, -0.15) is 0 Å². The number of carbonyl (C=O) groups is 2. The lowest BCUT2D eigenvalue weighted by Gasteiger charge is -2.26. The smallest absolute Gasteiger partial charge is 0.330 e. The molecule has 0 aliphatic carbocycles. The van der Waals surface area contributed by atoms with Gasteiger partial charge in [-0.3, -0.25) is 9.69 Å². The first-order chi connectivity index (χ1) is 19.2. The zero-order chi connectivity index (χ0) is 28.3. The highest BCUT2D eigenvalue weighted by atomic mass is 32.1. The molecule has 0 saturated carbocycles. The molecule has 8 heteroatoms. The zero-order valence-electron chi connectivity index (χ0n) is 22.8. The molecule has 1 aliphatic heterocycles. The predicted octanol–water partition coefficient (Wildman–Crippen LogP) is 6.01. The Kier molecular flexibility index (Phi) is 8.21. The first-order valence-electron chi connectivity index (χ1n) is 13.6. The van der Waals surface area contributed by atoms with E-state index < -0.39 is 11.5 Å². The van der Waals surface area contributed by atoms with Gasteiger partial charge in [-0.05, 0) is 112 Å². The fraction of sp³-hybridized carbons (Fsp3) is 0.312. The summed E-state index contributed by atoms with van der Waals surface area (Å²) in [6.07, 6.45) is 3.80. The van der Waals surface area contributed by atoms with E-state index in [9.17, 15) is 14.7 Å². The maximum atomic E-state index is 13.9. The molecule has 0 atom stereocenters. The predicted molar refractivity (Wildman–Crippen MR) is 158 cm³/mol. The van der Waals surface area contributed by atoms with Crippen LogP contribution < -0.4 is 15.2 Å². The zero-order valence-corrected chi connectivity index (χ0v) is 23.6. The molecule has 1 fully saturated rings. The van der Waals surface area contributed by atoms with Crippen molar-refractivity contribution >= 4 is 33.2 Å². The van der Waals surface area contributed by atoms with Gasteiger partial charge in [-0.15, -0.1) is 11.3 Å². The van der Waals surface area contributed by atoms with Gasteiger partial charge in [0.2, 0.25) is 0 Å². The summed E-state index contributed by atoms with van der Waals surface area (Å²) in [6, 6.07) is 19.3. The number of piperidine rings is 1. The second-order valence-corrected chi connectivity index (χ2v) is 11.8. The second-order valence-electron chi connectivity index (χ2n) is 10.7. The number of esters is 1. The highest BCUT2D eigenvalue weighted by molar-refractivity contribution is 7.22. The quantitative estimate of drug-likeness (QED) is 0.147. The number of fused-ring (bicyclic) bond motifs is 1. The molecule has 1 saturated heterocycles. The van der Waals surface area contributed by atoms with Crippen molar-refractivity contribution in [2.45, 2.75) is 38.6 Å². The molecule has 1 aromatic heterocycles. The standard InChI is InChI=1S/C32H34N2O5S/c1-32(2,33)31(37)39-25-14-15-26-27(20-25)40-30(22-6-10-23(35)11-7-22)28(26)29(36)21-8-12-24(13-9-21)38-19-18-34-16-4-3-5-17-34/h6-15,20,35H,3-5,16-19,33H2,1-2H3. The van der Waals surface area contributed by atoms with Crippen LogP contribution in [0, 0.1) is 0 Å². The minimum absolute atomic E-state index is 0.123. The molecular weight excluding hydrogens is 524 g/mol. The maximum Gasteiger partial charge on any atom is 0.330 e. The molecule has 0 amide bonds. The minimum atomic E-state index is -1.13. The summed E-state index contributed by atoms with van der Waals surface area (Å²) in [5.74, 6) is 0.572. The molecule has 0 spiro atoms. The van der Waals surface area contributed by atoms with Crippen LogP contribution in [0.5, 0.6) is 17.2 Å². The van der Waals surface area contributed by atoms with Crippen molar-refractivity contribution in [1.29, 1.82) is 0 Å². The lowest BCUT2D eigenvalue weighted by atomic mass is 9.97. The van der Waals surface area contributed by atoms with Crippen LogP contribution in [0.2, 0.25) is 0 Å². The fourth-order valence-electron chi connectivity index (χ4n) is 4.74. The van der Waals surface area contributed by atoms with Gasteiger partial charge in [-0.25, -0.2) is 4.79 Å². The summed E-state index contributed by atoms with van der Waals surface area (Å²) in [4.78, 5) is 29.4. The Morgan fingerprint density at radius 2 is 1.62 bits per heavy atom. The van der Waals surface area contributed by atoms with E-state index in [2.05, 4.69) is 4.90 Å². The van der Waals surface area contributed by atoms with E-state index in [1.807, 2.05) is 12.1 Å². The molecule has 7 nitrogen and oxygen atoms in total. The van der Waals surface area contributed by atoms with E-state index in [-0.39, 0.29) is 11.5 Å². The summed E-state index contributed by atoms with van der Waals surface area (Å²) in [5, 5.41) is 10.6. The average molecular weight is 559 g/mol. The number of ketones is 1. The Morgan fingerprint density at radius 1 is 0.950 bits per heavy atom. The van der Waals surface area contributed by atoms with Gasteiger partial charge in [0.15, 0.2) is 5.78 Å². The molecule has 4 aromatic rings. The number of hydrogen-bond acceptors (Lipinski definition) is 8. The van der Waals surface area contributed by atoms with Gasteiger partial charge in [0, 0.05) is 32.6 Å². The lowest BCUT2D eigenvalue weighted by molar-refractivity contribution is -0.139. The number of ether oxygens (including phenoxy) is 2. The topological polar surface area (TPSA) is 102 Å². The summed E-state index contributed by atoms with van der Waals surface area (Å²) in [7, 11) is 0. The SMILES string of the molecule is CC(C)(N)C(=O)Oc1ccc2c(C(=O)c3ccc(OCCN4CCCCC4)cc3)c(-c3ccc(O)cc3)sc2c1. The largest absolute Gasteiger partial charge is 0.508 e. The van der Waals surface area contributed by atoms with Crippen LogP contribution in [-0.4, -0.2) is 53.5 Å². The molecule has 3 N–H and O–H groups in total. The third-order valence-electron chi connectivity index (χ3n) is 7.00. The molecule has 208 valence electrons. The van der Waals surface area contributed by atoms with Crippen LogP contribution in [0.3, 0.4) is 0 Å². The number of likely N-dealkylation sites (tertiary alicyclic amines) is 1. The third-order valence-corrected chi connectivity index (χ3v) is 8.20. The van der Waals surface area contributed by atoms with Gasteiger partial charge < -0.3 is 20.3 Å². The van der Waals surface area contributed by atoms with Gasteiger partial charge >= 0.3 is 5.97 Å². The monoisotopic (exact) mass is 558 g/mol. The number of rotatable bonds is 9. The van der Waals surface area contributed by atoms with E-state index in [0.717, 1.165) is 45.9 Å². The van der Waals surface area contributed by atoms with Crippen molar-refractivity contribution in [3.05, 3.63) is 77.9 Å². The summed E-state index contributed by atoms with van der Waals surface area (Å²) < 4.78 is 12.2. The van der Waals surface area contributed by atoms with Crippen LogP contribution in [0.25, 0.3) is 20.5 Å². The first-order valence-corrected chi connectivity index (χ1v) is 14.4. The molecule has 0 bridgehead atoms. The van der Waals surface area contributed by atoms with Crippen molar-refractivity contribution in [1.82, 2.24) is 4.90 Å². The number of hydrogen-bond donors (Lipinski definition) is 2. The van der Waals surface area contributed by atoms with Crippen molar-refractivity contribution in [2.24, 2.45) is 5.73 Å². The molecule has 3 aromatic carbocycles. The van der Waals surface area contributed by atoms with Gasteiger partial charge in [0.25, 0.3) is 0 Å². The molecule has 40 heavy (non-hydrogen) atoms. The number of benzene rings is 3. The maximum absolute atomic E-state index is 13.9. The Hall–Kier alpha value is -3.72. The van der Waals surface area contributed by atoms with E-state index in [1.165, 1.54) is 30.6 Å². The highest BCUT2D eigenvalue weighted by Gasteiger charge is 2.26. The van der Waals surface area contributed by atoms with Crippen LogP contribution in [0.1, 0.15) is 49.0 Å². The number of phenols is 1. The Labute approximate surface area is 238 Å². The second kappa shape index (κ2) is 11.8. The van der Waals surface area contributed by atoms with Crippen LogP contribution >= 0.6 is 11.3 Å². The number of carbonyl (C=O) groups excluding carboxylic acids is 2. The Morgan fingerprint density at radius 3 is 2.30 bits per heavy atom. The Balaban J connectivity index is 1.42. The molecule has 1 aliphatic rings. The van der Waals surface area contributed by atoms with E-state index in [1.54, 1.807) is 68.4 Å².